The molecule has 11 heteroatoms. The van der Waals surface area contributed by atoms with Crippen molar-refractivity contribution in [2.75, 3.05) is 25.0 Å². The van der Waals surface area contributed by atoms with Crippen molar-refractivity contribution in [3.05, 3.63) is 58.0 Å². The lowest BCUT2D eigenvalue weighted by Gasteiger charge is -2.26. The highest BCUT2D eigenvalue weighted by atomic mass is 19.1. The molecule has 9 nitrogen and oxygen atoms in total. The lowest BCUT2D eigenvalue weighted by atomic mass is 9.93. The van der Waals surface area contributed by atoms with Gasteiger partial charge in [0.15, 0.2) is 17.3 Å². The van der Waals surface area contributed by atoms with Crippen molar-refractivity contribution in [1.82, 2.24) is 25.2 Å². The standard InChI is InChI=1S/C22H22F2N6O3/c1-29(8-7-25-12-31)18-6-5-15-19(32)16(22(33)27-14-3-2-4-14)11-30(20(15)28-18)21-17(24)9-13(23)10-26-21/h5-6,9-12,14H,2-4,7-8H2,1H3,(H,25,31)(H,27,33). The fraction of sp³-hybridized carbons (Fsp3) is 0.318. The van der Waals surface area contributed by atoms with Crippen LogP contribution in [0, 0.1) is 11.6 Å². The summed E-state index contributed by atoms with van der Waals surface area (Å²) in [6.45, 7) is 0.785. The molecule has 4 rings (SSSR count). The molecule has 1 fully saturated rings. The molecule has 0 aliphatic heterocycles. The van der Waals surface area contributed by atoms with E-state index in [0.717, 1.165) is 25.5 Å². The van der Waals surface area contributed by atoms with Gasteiger partial charge in [-0.3, -0.25) is 19.0 Å². The van der Waals surface area contributed by atoms with Crippen molar-refractivity contribution < 1.29 is 18.4 Å². The first-order valence-corrected chi connectivity index (χ1v) is 10.5. The number of rotatable bonds is 8. The second-order valence-electron chi connectivity index (χ2n) is 7.84. The molecule has 2 amide bonds. The molecular formula is C22H22F2N6O3. The molecule has 0 atom stereocenters. The SMILES string of the molecule is CN(CCNC=O)c1ccc2c(=O)c(C(=O)NC3CCC3)cn(-c3ncc(F)cc3F)c2n1. The minimum Gasteiger partial charge on any atom is -0.358 e. The normalized spacial score (nSPS) is 13.4. The summed E-state index contributed by atoms with van der Waals surface area (Å²) >= 11 is 0. The number of hydrogen-bond donors (Lipinski definition) is 2. The number of nitrogens with one attached hydrogen (secondary N) is 2. The number of hydrogen-bond acceptors (Lipinski definition) is 6. The third-order valence-corrected chi connectivity index (χ3v) is 5.60. The molecule has 0 spiro atoms. The summed E-state index contributed by atoms with van der Waals surface area (Å²) in [5.74, 6) is -2.25. The van der Waals surface area contributed by atoms with Crippen LogP contribution in [0.2, 0.25) is 0 Å². The molecule has 1 aliphatic carbocycles. The highest BCUT2D eigenvalue weighted by Crippen LogP contribution is 2.22. The first-order valence-electron chi connectivity index (χ1n) is 10.5. The first-order chi connectivity index (χ1) is 15.9. The van der Waals surface area contributed by atoms with E-state index in [1.807, 2.05) is 0 Å². The van der Waals surface area contributed by atoms with Crippen molar-refractivity contribution in [3.8, 4) is 5.82 Å². The van der Waals surface area contributed by atoms with E-state index in [1.165, 1.54) is 16.8 Å². The molecule has 3 heterocycles. The smallest absolute Gasteiger partial charge is 0.257 e. The Morgan fingerprint density at radius 2 is 2.12 bits per heavy atom. The maximum Gasteiger partial charge on any atom is 0.257 e. The summed E-state index contributed by atoms with van der Waals surface area (Å²) in [5, 5.41) is 5.44. The number of amides is 2. The molecule has 172 valence electrons. The number of halogens is 2. The molecule has 0 aromatic carbocycles. The van der Waals surface area contributed by atoms with E-state index in [2.05, 4.69) is 20.6 Å². The summed E-state index contributed by atoms with van der Waals surface area (Å²) in [4.78, 5) is 46.4. The van der Waals surface area contributed by atoms with E-state index in [1.54, 1.807) is 18.0 Å². The zero-order valence-electron chi connectivity index (χ0n) is 17.8. The number of carbonyl (C=O) groups excluding carboxylic acids is 2. The maximum atomic E-state index is 14.7. The van der Waals surface area contributed by atoms with Gasteiger partial charge in [0, 0.05) is 38.4 Å². The predicted molar refractivity (Wildman–Crippen MR) is 117 cm³/mol. The molecule has 0 saturated heterocycles. The second-order valence-corrected chi connectivity index (χ2v) is 7.84. The van der Waals surface area contributed by atoms with E-state index >= 15 is 0 Å². The second kappa shape index (κ2) is 9.31. The van der Waals surface area contributed by atoms with Gasteiger partial charge in [0.25, 0.3) is 5.91 Å². The van der Waals surface area contributed by atoms with Crippen LogP contribution in [-0.4, -0.2) is 53.0 Å². The largest absolute Gasteiger partial charge is 0.358 e. The zero-order valence-corrected chi connectivity index (χ0v) is 17.8. The Labute approximate surface area is 187 Å². The minimum absolute atomic E-state index is 0.00384. The van der Waals surface area contributed by atoms with Crippen LogP contribution in [0.15, 0.2) is 35.4 Å². The number of nitrogens with zero attached hydrogens (tertiary/aromatic N) is 4. The van der Waals surface area contributed by atoms with E-state index in [4.69, 9.17) is 0 Å². The minimum atomic E-state index is -0.971. The third-order valence-electron chi connectivity index (χ3n) is 5.60. The highest BCUT2D eigenvalue weighted by molar-refractivity contribution is 5.97. The Kier molecular flexibility index (Phi) is 6.29. The van der Waals surface area contributed by atoms with Crippen LogP contribution in [0.4, 0.5) is 14.6 Å². The maximum absolute atomic E-state index is 14.7. The molecule has 2 N–H and O–H groups in total. The summed E-state index contributed by atoms with van der Waals surface area (Å²) in [6.07, 6.45) is 5.28. The lowest BCUT2D eigenvalue weighted by molar-refractivity contribution is -0.109. The predicted octanol–water partition coefficient (Wildman–Crippen LogP) is 1.52. The Morgan fingerprint density at radius 1 is 1.33 bits per heavy atom. The number of carbonyl (C=O) groups is 2. The highest BCUT2D eigenvalue weighted by Gasteiger charge is 2.24. The summed E-state index contributed by atoms with van der Waals surface area (Å²) in [5.41, 5.74) is -0.672. The van der Waals surface area contributed by atoms with Crippen LogP contribution in [0.5, 0.6) is 0 Å². The van der Waals surface area contributed by atoms with Gasteiger partial charge in [0.2, 0.25) is 11.8 Å². The van der Waals surface area contributed by atoms with Gasteiger partial charge in [0.1, 0.15) is 17.2 Å². The van der Waals surface area contributed by atoms with Crippen LogP contribution in [-0.2, 0) is 4.79 Å². The van der Waals surface area contributed by atoms with E-state index < -0.39 is 23.0 Å². The molecule has 0 unspecified atom stereocenters. The van der Waals surface area contributed by atoms with Crippen molar-refractivity contribution in [3.63, 3.8) is 0 Å². The van der Waals surface area contributed by atoms with Crippen molar-refractivity contribution in [2.24, 2.45) is 0 Å². The fourth-order valence-electron chi connectivity index (χ4n) is 3.54. The molecule has 33 heavy (non-hydrogen) atoms. The first kappa shape index (κ1) is 22.3. The Bertz CT molecular complexity index is 1270. The van der Waals surface area contributed by atoms with Crippen LogP contribution in [0.1, 0.15) is 29.6 Å². The molecule has 0 bridgehead atoms. The van der Waals surface area contributed by atoms with Crippen molar-refractivity contribution in [2.45, 2.75) is 25.3 Å². The molecule has 3 aromatic rings. The monoisotopic (exact) mass is 456 g/mol. The van der Waals surface area contributed by atoms with Crippen LogP contribution in [0.25, 0.3) is 16.9 Å². The van der Waals surface area contributed by atoms with Crippen LogP contribution < -0.4 is 21.0 Å². The number of anilines is 1. The molecule has 1 saturated carbocycles. The Hall–Kier alpha value is -3.89. The number of fused-ring (bicyclic) bond motifs is 1. The summed E-state index contributed by atoms with van der Waals surface area (Å²) < 4.78 is 29.3. The molecular weight excluding hydrogens is 434 g/mol. The van der Waals surface area contributed by atoms with Gasteiger partial charge in [-0.15, -0.1) is 0 Å². The van der Waals surface area contributed by atoms with Gasteiger partial charge in [0.05, 0.1) is 11.6 Å². The topological polar surface area (TPSA) is 109 Å². The average molecular weight is 456 g/mol. The summed E-state index contributed by atoms with van der Waals surface area (Å²) in [7, 11) is 1.74. The number of aromatic nitrogens is 3. The molecule has 1 aliphatic rings. The molecule has 3 aromatic heterocycles. The Balaban J connectivity index is 1.86. The lowest BCUT2D eigenvalue weighted by Crippen LogP contribution is -2.41. The van der Waals surface area contributed by atoms with Gasteiger partial charge >= 0.3 is 0 Å². The third kappa shape index (κ3) is 4.52. The van der Waals surface area contributed by atoms with E-state index in [9.17, 15) is 23.2 Å². The van der Waals surface area contributed by atoms with Gasteiger partial charge < -0.3 is 15.5 Å². The van der Waals surface area contributed by atoms with Gasteiger partial charge in [-0.25, -0.2) is 18.7 Å². The van der Waals surface area contributed by atoms with Gasteiger partial charge in [-0.05, 0) is 31.4 Å². The fourth-order valence-corrected chi connectivity index (χ4v) is 3.54. The zero-order chi connectivity index (χ0) is 23.5. The quantitative estimate of drug-likeness (QED) is 0.393. The Morgan fingerprint density at radius 3 is 2.79 bits per heavy atom. The molecule has 0 radical (unpaired) electrons. The van der Waals surface area contributed by atoms with E-state index in [-0.39, 0.29) is 28.5 Å². The number of likely N-dealkylation sites (N-methyl/N-ethyl adjacent to an activating group) is 1. The van der Waals surface area contributed by atoms with Crippen LogP contribution >= 0.6 is 0 Å². The average Bonchev–Trinajstić information content (AvgIpc) is 2.77. The van der Waals surface area contributed by atoms with Crippen molar-refractivity contribution >= 4 is 29.2 Å². The van der Waals surface area contributed by atoms with Gasteiger partial charge in [-0.1, -0.05) is 0 Å². The number of pyridine rings is 3. The summed E-state index contributed by atoms with van der Waals surface area (Å²) in [6, 6.07) is 3.76. The van der Waals surface area contributed by atoms with Crippen LogP contribution in [0.3, 0.4) is 0 Å². The van der Waals surface area contributed by atoms with E-state index in [0.29, 0.717) is 31.4 Å². The van der Waals surface area contributed by atoms with Gasteiger partial charge in [-0.2, -0.15) is 0 Å². The van der Waals surface area contributed by atoms with Crippen molar-refractivity contribution in [1.29, 1.82) is 0 Å².